The Hall–Kier alpha value is -4.06. The topological polar surface area (TPSA) is 94.4 Å². The van der Waals surface area contributed by atoms with Crippen molar-refractivity contribution in [1.29, 1.82) is 0 Å². The molecule has 1 aliphatic carbocycles. The van der Waals surface area contributed by atoms with E-state index >= 15 is 0 Å². The van der Waals surface area contributed by atoms with Crippen LogP contribution in [-0.2, 0) is 4.79 Å². The van der Waals surface area contributed by atoms with Gasteiger partial charge in [0.05, 0.1) is 25.6 Å². The molecule has 0 radical (unpaired) electrons. The lowest BCUT2D eigenvalue weighted by molar-refractivity contribution is -0.125. The average molecular weight is 459 g/mol. The SMILES string of the molecule is C=CC(=O)N1CCC(n2nc(C#Cc3cc(OC)cc(OC)c3)c3c(NC4CC4)ncnc32)C1. The second-order valence-corrected chi connectivity index (χ2v) is 8.41. The van der Waals surface area contributed by atoms with Crippen molar-refractivity contribution in [3.63, 3.8) is 0 Å². The number of methoxy groups -OCH3 is 2. The monoisotopic (exact) mass is 458 g/mol. The fraction of sp³-hybridized carbons (Fsp3) is 0.360. The summed E-state index contributed by atoms with van der Waals surface area (Å²) >= 11 is 0. The summed E-state index contributed by atoms with van der Waals surface area (Å²) in [4.78, 5) is 22.9. The van der Waals surface area contributed by atoms with E-state index < -0.39 is 0 Å². The van der Waals surface area contributed by atoms with Crippen LogP contribution in [0.2, 0.25) is 0 Å². The van der Waals surface area contributed by atoms with Gasteiger partial charge in [-0.1, -0.05) is 12.5 Å². The summed E-state index contributed by atoms with van der Waals surface area (Å²) in [7, 11) is 3.21. The molecule has 1 atom stereocenters. The van der Waals surface area contributed by atoms with Gasteiger partial charge in [0.25, 0.3) is 0 Å². The van der Waals surface area contributed by atoms with Gasteiger partial charge in [-0.05, 0) is 43.4 Å². The number of hydrogen-bond acceptors (Lipinski definition) is 7. The number of ether oxygens (including phenoxy) is 2. The highest BCUT2D eigenvalue weighted by molar-refractivity contribution is 5.92. The van der Waals surface area contributed by atoms with Gasteiger partial charge >= 0.3 is 0 Å². The lowest BCUT2D eigenvalue weighted by atomic mass is 10.2. The molecule has 2 aromatic heterocycles. The van der Waals surface area contributed by atoms with Gasteiger partial charge in [-0.25, -0.2) is 14.6 Å². The summed E-state index contributed by atoms with van der Waals surface area (Å²) in [6.07, 6.45) is 5.92. The number of anilines is 1. The average Bonchev–Trinajstić information content (AvgIpc) is 3.40. The Labute approximate surface area is 197 Å². The van der Waals surface area contributed by atoms with Crippen molar-refractivity contribution < 1.29 is 14.3 Å². The number of fused-ring (bicyclic) bond motifs is 1. The van der Waals surface area contributed by atoms with Crippen molar-refractivity contribution in [2.75, 3.05) is 32.6 Å². The Morgan fingerprint density at radius 1 is 1.15 bits per heavy atom. The van der Waals surface area contributed by atoms with E-state index in [9.17, 15) is 4.79 Å². The first kappa shape index (κ1) is 21.8. The third kappa shape index (κ3) is 4.27. The highest BCUT2D eigenvalue weighted by Gasteiger charge is 2.30. The Morgan fingerprint density at radius 2 is 1.91 bits per heavy atom. The summed E-state index contributed by atoms with van der Waals surface area (Å²) in [5.74, 6) is 8.40. The predicted octanol–water partition coefficient (Wildman–Crippen LogP) is 2.78. The van der Waals surface area contributed by atoms with Crippen LogP contribution in [0.15, 0.2) is 37.2 Å². The first-order chi connectivity index (χ1) is 16.6. The van der Waals surface area contributed by atoms with Crippen molar-refractivity contribution in [3.8, 4) is 23.3 Å². The lowest BCUT2D eigenvalue weighted by Gasteiger charge is -2.14. The first-order valence-electron chi connectivity index (χ1n) is 11.3. The molecule has 34 heavy (non-hydrogen) atoms. The fourth-order valence-corrected chi connectivity index (χ4v) is 4.13. The van der Waals surface area contributed by atoms with Crippen molar-refractivity contribution in [3.05, 3.63) is 48.4 Å². The standard InChI is InChI=1S/C25H26N6O3/c1-4-22(32)30-10-9-18(14-30)31-25-23(24(26-15-27-25)28-17-6-7-17)21(29-31)8-5-16-11-19(33-2)13-20(12-16)34-3/h4,11-13,15,17-18H,1,6-7,9-10,14H2,2-3H3,(H,26,27,28). The molecule has 3 heterocycles. The van der Waals surface area contributed by atoms with Crippen molar-refractivity contribution >= 4 is 22.8 Å². The normalized spacial score (nSPS) is 17.2. The molecule has 3 aromatic rings. The maximum atomic E-state index is 12.1. The van der Waals surface area contributed by atoms with Crippen LogP contribution < -0.4 is 14.8 Å². The predicted molar refractivity (Wildman–Crippen MR) is 128 cm³/mol. The van der Waals surface area contributed by atoms with E-state index in [1.54, 1.807) is 31.5 Å². The summed E-state index contributed by atoms with van der Waals surface area (Å²) in [5, 5.41) is 9.13. The van der Waals surface area contributed by atoms with Gasteiger partial charge in [-0.3, -0.25) is 4.79 Å². The van der Waals surface area contributed by atoms with Crippen molar-refractivity contribution in [2.45, 2.75) is 31.3 Å². The molecule has 1 amide bonds. The van der Waals surface area contributed by atoms with E-state index in [2.05, 4.69) is 33.7 Å². The molecule has 9 nitrogen and oxygen atoms in total. The van der Waals surface area contributed by atoms with Crippen molar-refractivity contribution in [1.82, 2.24) is 24.6 Å². The van der Waals surface area contributed by atoms with Gasteiger partial charge in [0, 0.05) is 30.8 Å². The summed E-state index contributed by atoms with van der Waals surface area (Å²) in [5.41, 5.74) is 2.05. The number of rotatable bonds is 6. The minimum absolute atomic E-state index is 0.00235. The van der Waals surface area contributed by atoms with Gasteiger partial charge in [-0.15, -0.1) is 0 Å². The number of carbonyl (C=O) groups excluding carboxylic acids is 1. The van der Waals surface area contributed by atoms with Gasteiger partial charge in [0.1, 0.15) is 29.3 Å². The molecule has 0 bridgehead atoms. The molecule has 1 saturated carbocycles. The number of nitrogens with one attached hydrogen (secondary N) is 1. The van der Waals surface area contributed by atoms with Crippen LogP contribution >= 0.6 is 0 Å². The van der Waals surface area contributed by atoms with Crippen LogP contribution in [0.25, 0.3) is 11.0 Å². The maximum Gasteiger partial charge on any atom is 0.246 e. The molecule has 0 spiro atoms. The molecule has 2 aliphatic rings. The third-order valence-corrected chi connectivity index (χ3v) is 6.08. The van der Waals surface area contributed by atoms with E-state index in [0.717, 1.165) is 36.0 Å². The summed E-state index contributed by atoms with van der Waals surface area (Å²) < 4.78 is 12.6. The smallest absolute Gasteiger partial charge is 0.246 e. The molecule has 1 aromatic carbocycles. The van der Waals surface area contributed by atoms with Crippen LogP contribution in [-0.4, -0.2) is 63.9 Å². The second kappa shape index (κ2) is 9.06. The van der Waals surface area contributed by atoms with E-state index in [1.165, 1.54) is 6.08 Å². The molecule has 1 saturated heterocycles. The van der Waals surface area contributed by atoms with Crippen LogP contribution in [0.5, 0.6) is 11.5 Å². The molecule has 2 fully saturated rings. The Bertz CT molecular complexity index is 1300. The summed E-state index contributed by atoms with van der Waals surface area (Å²) in [6.45, 7) is 4.81. The van der Waals surface area contributed by atoms with E-state index in [1.807, 2.05) is 16.8 Å². The van der Waals surface area contributed by atoms with Crippen LogP contribution in [0.1, 0.15) is 36.6 Å². The zero-order valence-corrected chi connectivity index (χ0v) is 19.2. The molecule has 1 aliphatic heterocycles. The fourth-order valence-electron chi connectivity index (χ4n) is 4.13. The number of hydrogen-bond donors (Lipinski definition) is 1. The van der Waals surface area contributed by atoms with E-state index in [4.69, 9.17) is 14.6 Å². The van der Waals surface area contributed by atoms with Crippen LogP contribution in [0.4, 0.5) is 5.82 Å². The number of carbonyl (C=O) groups is 1. The molecular weight excluding hydrogens is 432 g/mol. The highest BCUT2D eigenvalue weighted by atomic mass is 16.5. The Morgan fingerprint density at radius 3 is 2.59 bits per heavy atom. The third-order valence-electron chi connectivity index (χ3n) is 6.08. The zero-order valence-electron chi connectivity index (χ0n) is 19.2. The molecule has 174 valence electrons. The van der Waals surface area contributed by atoms with Crippen LogP contribution in [0, 0.1) is 11.8 Å². The quantitative estimate of drug-likeness (QED) is 0.448. The van der Waals surface area contributed by atoms with Crippen LogP contribution in [0.3, 0.4) is 0 Å². The number of likely N-dealkylation sites (tertiary alicyclic amines) is 1. The Balaban J connectivity index is 1.57. The number of nitrogens with zero attached hydrogens (tertiary/aromatic N) is 5. The molecule has 1 N–H and O–H groups in total. The number of amides is 1. The van der Waals surface area contributed by atoms with E-state index in [-0.39, 0.29) is 11.9 Å². The second-order valence-electron chi connectivity index (χ2n) is 8.41. The maximum absolute atomic E-state index is 12.1. The Kier molecular flexibility index (Phi) is 5.80. The van der Waals surface area contributed by atoms with Gasteiger partial charge < -0.3 is 19.7 Å². The highest BCUT2D eigenvalue weighted by Crippen LogP contribution is 2.32. The van der Waals surface area contributed by atoms with Crippen molar-refractivity contribution in [2.24, 2.45) is 0 Å². The minimum Gasteiger partial charge on any atom is -0.497 e. The molecule has 1 unspecified atom stereocenters. The largest absolute Gasteiger partial charge is 0.497 e. The van der Waals surface area contributed by atoms with E-state index in [0.29, 0.717) is 42.0 Å². The van der Waals surface area contributed by atoms with Gasteiger partial charge in [-0.2, -0.15) is 5.10 Å². The zero-order chi connectivity index (χ0) is 23.7. The molecular formula is C25H26N6O3. The lowest BCUT2D eigenvalue weighted by Crippen LogP contribution is -2.27. The van der Waals surface area contributed by atoms with Gasteiger partial charge in [0.2, 0.25) is 5.91 Å². The first-order valence-corrected chi connectivity index (χ1v) is 11.3. The summed E-state index contributed by atoms with van der Waals surface area (Å²) in [6, 6.07) is 5.92. The molecule has 9 heteroatoms. The van der Waals surface area contributed by atoms with Gasteiger partial charge in [0.15, 0.2) is 5.65 Å². The number of aromatic nitrogens is 4. The minimum atomic E-state index is -0.0725. The number of benzene rings is 1. The molecule has 5 rings (SSSR count).